The molecule has 28 heavy (non-hydrogen) atoms. The zero-order chi connectivity index (χ0) is 19.5. The van der Waals surface area contributed by atoms with E-state index in [9.17, 15) is 9.90 Å². The molecular weight excluding hydrogens is 374 g/mol. The second-order valence-electron chi connectivity index (χ2n) is 7.62. The SMILES string of the molecule is N#Cc1ccc(CN2CCCC(n3ncc(N4CCC(O)CC4)cc3=O)C2)s1. The zero-order valence-corrected chi connectivity index (χ0v) is 16.6. The predicted molar refractivity (Wildman–Crippen MR) is 109 cm³/mol. The van der Waals surface area contributed by atoms with Crippen LogP contribution in [0.1, 0.15) is 41.5 Å². The molecule has 1 unspecified atom stereocenters. The number of aliphatic hydroxyl groups is 1. The van der Waals surface area contributed by atoms with Crippen LogP contribution in [0, 0.1) is 11.3 Å². The lowest BCUT2D eigenvalue weighted by molar-refractivity contribution is 0.145. The van der Waals surface area contributed by atoms with Gasteiger partial charge >= 0.3 is 0 Å². The van der Waals surface area contributed by atoms with Crippen LogP contribution < -0.4 is 10.5 Å². The number of anilines is 1. The van der Waals surface area contributed by atoms with Crippen molar-refractivity contribution in [3.05, 3.63) is 44.5 Å². The summed E-state index contributed by atoms with van der Waals surface area (Å²) in [4.78, 5) is 19.1. The summed E-state index contributed by atoms with van der Waals surface area (Å²) < 4.78 is 1.63. The van der Waals surface area contributed by atoms with Crippen LogP contribution in [-0.2, 0) is 6.54 Å². The predicted octanol–water partition coefficient (Wildman–Crippen LogP) is 1.97. The third-order valence-electron chi connectivity index (χ3n) is 5.62. The van der Waals surface area contributed by atoms with Crippen molar-refractivity contribution in [2.45, 2.75) is 44.4 Å². The van der Waals surface area contributed by atoms with Crippen LogP contribution in [0.5, 0.6) is 0 Å². The molecule has 2 aromatic rings. The fraction of sp³-hybridized carbons (Fsp3) is 0.550. The highest BCUT2D eigenvalue weighted by atomic mass is 32.1. The Bertz CT molecular complexity index is 910. The van der Waals surface area contributed by atoms with Crippen molar-refractivity contribution in [2.24, 2.45) is 0 Å². The molecule has 0 aromatic carbocycles. The van der Waals surface area contributed by atoms with Crippen molar-refractivity contribution < 1.29 is 5.11 Å². The Balaban J connectivity index is 1.43. The molecular formula is C20H25N5O2S. The van der Waals surface area contributed by atoms with Gasteiger partial charge in [-0.15, -0.1) is 11.3 Å². The maximum Gasteiger partial charge on any atom is 0.269 e. The van der Waals surface area contributed by atoms with Crippen molar-refractivity contribution in [2.75, 3.05) is 31.1 Å². The second kappa shape index (κ2) is 8.43. The molecule has 0 radical (unpaired) electrons. The summed E-state index contributed by atoms with van der Waals surface area (Å²) >= 11 is 1.53. The normalized spacial score (nSPS) is 21.6. The van der Waals surface area contributed by atoms with E-state index in [-0.39, 0.29) is 17.7 Å². The molecule has 0 spiro atoms. The summed E-state index contributed by atoms with van der Waals surface area (Å²) in [7, 11) is 0. The molecule has 4 heterocycles. The van der Waals surface area contributed by atoms with E-state index in [1.54, 1.807) is 16.9 Å². The molecule has 0 amide bonds. The number of hydrogen-bond donors (Lipinski definition) is 1. The standard InChI is InChI=1S/C20H25N5O2S/c21-11-18-3-4-19(28-18)14-23-7-1-2-15(13-23)25-20(27)10-16(12-22-25)24-8-5-17(26)6-9-24/h3-4,10,12,15,17,26H,1-2,5-9,13-14H2. The number of nitriles is 1. The Morgan fingerprint density at radius 1 is 1.25 bits per heavy atom. The molecule has 2 aliphatic heterocycles. The van der Waals surface area contributed by atoms with Gasteiger partial charge in [-0.05, 0) is 44.4 Å². The Morgan fingerprint density at radius 2 is 2.07 bits per heavy atom. The van der Waals surface area contributed by atoms with Crippen LogP contribution in [0.4, 0.5) is 5.69 Å². The van der Waals surface area contributed by atoms with Gasteiger partial charge in [-0.2, -0.15) is 10.4 Å². The molecule has 2 saturated heterocycles. The van der Waals surface area contributed by atoms with E-state index in [0.717, 1.165) is 69.0 Å². The minimum Gasteiger partial charge on any atom is -0.393 e. The van der Waals surface area contributed by atoms with Gasteiger partial charge in [0.15, 0.2) is 0 Å². The topological polar surface area (TPSA) is 85.4 Å². The Labute approximate surface area is 168 Å². The van der Waals surface area contributed by atoms with Gasteiger partial charge in [-0.25, -0.2) is 4.68 Å². The van der Waals surface area contributed by atoms with Crippen molar-refractivity contribution >= 4 is 17.0 Å². The number of aliphatic hydroxyl groups excluding tert-OH is 1. The van der Waals surface area contributed by atoms with E-state index in [4.69, 9.17) is 5.26 Å². The maximum absolute atomic E-state index is 12.7. The first-order valence-electron chi connectivity index (χ1n) is 9.85. The molecule has 2 aromatic heterocycles. The summed E-state index contributed by atoms with van der Waals surface area (Å²) in [6.45, 7) is 4.12. The van der Waals surface area contributed by atoms with Crippen LogP contribution in [0.25, 0.3) is 0 Å². The van der Waals surface area contributed by atoms with Crippen LogP contribution >= 0.6 is 11.3 Å². The Morgan fingerprint density at radius 3 is 2.79 bits per heavy atom. The third-order valence-corrected chi connectivity index (χ3v) is 6.59. The Kier molecular flexibility index (Phi) is 5.76. The lowest BCUT2D eigenvalue weighted by atomic mass is 10.1. The molecule has 0 aliphatic carbocycles. The van der Waals surface area contributed by atoms with Crippen LogP contribution in [0.15, 0.2) is 29.2 Å². The number of nitrogens with zero attached hydrogens (tertiary/aromatic N) is 5. The lowest BCUT2D eigenvalue weighted by Gasteiger charge is -2.33. The number of piperidine rings is 2. The quantitative estimate of drug-likeness (QED) is 0.846. The first-order valence-corrected chi connectivity index (χ1v) is 10.7. The number of aromatic nitrogens is 2. The van der Waals surface area contributed by atoms with Crippen molar-refractivity contribution in [3.63, 3.8) is 0 Å². The van der Waals surface area contributed by atoms with E-state index in [1.807, 2.05) is 12.1 Å². The molecule has 8 heteroatoms. The largest absolute Gasteiger partial charge is 0.393 e. The Hall–Kier alpha value is -2.21. The van der Waals surface area contributed by atoms with Crippen LogP contribution in [-0.4, -0.2) is 52.1 Å². The van der Waals surface area contributed by atoms with Gasteiger partial charge in [0.25, 0.3) is 5.56 Å². The zero-order valence-electron chi connectivity index (χ0n) is 15.8. The molecule has 2 aliphatic rings. The maximum atomic E-state index is 12.7. The van der Waals surface area contributed by atoms with Crippen molar-refractivity contribution in [1.29, 1.82) is 5.26 Å². The average molecular weight is 400 g/mol. The molecule has 2 fully saturated rings. The van der Waals surface area contributed by atoms with Gasteiger partial charge in [-0.3, -0.25) is 9.69 Å². The van der Waals surface area contributed by atoms with Gasteiger partial charge in [0.05, 0.1) is 24.0 Å². The van der Waals surface area contributed by atoms with Crippen LogP contribution in [0.2, 0.25) is 0 Å². The number of hydrogen-bond acceptors (Lipinski definition) is 7. The molecule has 7 nitrogen and oxygen atoms in total. The number of likely N-dealkylation sites (tertiary alicyclic amines) is 1. The minimum atomic E-state index is -0.231. The van der Waals surface area contributed by atoms with Crippen LogP contribution in [0.3, 0.4) is 0 Å². The lowest BCUT2D eigenvalue weighted by Crippen LogP contribution is -2.41. The number of rotatable bonds is 4. The van der Waals surface area contributed by atoms with Gasteiger partial charge in [0.1, 0.15) is 10.9 Å². The van der Waals surface area contributed by atoms with E-state index >= 15 is 0 Å². The average Bonchev–Trinajstić information content (AvgIpc) is 3.16. The monoisotopic (exact) mass is 399 g/mol. The van der Waals surface area contributed by atoms with Crippen molar-refractivity contribution in [1.82, 2.24) is 14.7 Å². The van der Waals surface area contributed by atoms with Crippen molar-refractivity contribution in [3.8, 4) is 6.07 Å². The van der Waals surface area contributed by atoms with Gasteiger partial charge in [-0.1, -0.05) is 0 Å². The molecule has 0 bridgehead atoms. The van der Waals surface area contributed by atoms with E-state index in [2.05, 4.69) is 21.0 Å². The minimum absolute atomic E-state index is 0.0571. The summed E-state index contributed by atoms with van der Waals surface area (Å²) in [5.41, 5.74) is 0.793. The fourth-order valence-corrected chi connectivity index (χ4v) is 4.94. The fourth-order valence-electron chi connectivity index (χ4n) is 4.10. The molecule has 4 rings (SSSR count). The number of thiophene rings is 1. The first-order chi connectivity index (χ1) is 13.6. The van der Waals surface area contributed by atoms with Gasteiger partial charge in [0, 0.05) is 37.1 Å². The van der Waals surface area contributed by atoms with E-state index < -0.39 is 0 Å². The molecule has 1 N–H and O–H groups in total. The highest BCUT2D eigenvalue weighted by molar-refractivity contribution is 7.12. The van der Waals surface area contributed by atoms with Gasteiger partial charge < -0.3 is 10.0 Å². The summed E-state index contributed by atoms with van der Waals surface area (Å²) in [6.07, 6.45) is 5.00. The first kappa shape index (κ1) is 19.1. The highest BCUT2D eigenvalue weighted by Gasteiger charge is 2.24. The molecule has 0 saturated carbocycles. The molecule has 148 valence electrons. The summed E-state index contributed by atoms with van der Waals surface area (Å²) in [6, 6.07) is 7.83. The summed E-state index contributed by atoms with van der Waals surface area (Å²) in [5.74, 6) is 0. The second-order valence-corrected chi connectivity index (χ2v) is 8.79. The van der Waals surface area contributed by atoms with Gasteiger partial charge in [0.2, 0.25) is 0 Å². The molecule has 1 atom stereocenters. The smallest absolute Gasteiger partial charge is 0.269 e. The summed E-state index contributed by atoms with van der Waals surface area (Å²) in [5, 5.41) is 23.1. The third kappa shape index (κ3) is 4.27. The highest BCUT2D eigenvalue weighted by Crippen LogP contribution is 2.24. The van der Waals surface area contributed by atoms with E-state index in [0.29, 0.717) is 0 Å². The van der Waals surface area contributed by atoms with E-state index in [1.165, 1.54) is 16.2 Å².